The van der Waals surface area contributed by atoms with Crippen LogP contribution in [0.15, 0.2) is 0 Å². The van der Waals surface area contributed by atoms with E-state index in [0.717, 1.165) is 19.5 Å². The summed E-state index contributed by atoms with van der Waals surface area (Å²) in [4.78, 5) is 2.31. The van der Waals surface area contributed by atoms with Crippen molar-refractivity contribution in [1.29, 1.82) is 0 Å². The standard InChI is InChI=1S/C19H41NO/c1-4-6-8-10-12-14-16-19(21)18-20(3)17-15-13-11-9-7-5-2/h19,21H,4-18H2,1-3H3. The van der Waals surface area contributed by atoms with Crippen molar-refractivity contribution in [3.63, 3.8) is 0 Å². The first-order chi connectivity index (χ1) is 10.2. The van der Waals surface area contributed by atoms with Crippen LogP contribution in [0.3, 0.4) is 0 Å². The molecule has 0 spiro atoms. The minimum atomic E-state index is -0.124. The van der Waals surface area contributed by atoms with Crippen molar-refractivity contribution in [3.05, 3.63) is 0 Å². The van der Waals surface area contributed by atoms with Gasteiger partial charge in [-0.25, -0.2) is 0 Å². The molecule has 0 aromatic heterocycles. The SMILES string of the molecule is CCCCCCCCC(O)CN(C)CCCCCCCC. The maximum absolute atomic E-state index is 10.1. The molecule has 2 nitrogen and oxygen atoms in total. The lowest BCUT2D eigenvalue weighted by Gasteiger charge is -2.20. The van der Waals surface area contributed by atoms with Crippen molar-refractivity contribution >= 4 is 0 Å². The lowest BCUT2D eigenvalue weighted by atomic mass is 10.1. The van der Waals surface area contributed by atoms with E-state index in [2.05, 4.69) is 25.8 Å². The summed E-state index contributed by atoms with van der Waals surface area (Å²) >= 11 is 0. The lowest BCUT2D eigenvalue weighted by Crippen LogP contribution is -2.29. The molecule has 0 rings (SSSR count). The predicted molar refractivity (Wildman–Crippen MR) is 94.9 cm³/mol. The van der Waals surface area contributed by atoms with Crippen LogP contribution in [0.25, 0.3) is 0 Å². The van der Waals surface area contributed by atoms with Crippen LogP contribution >= 0.6 is 0 Å². The zero-order chi connectivity index (χ0) is 15.8. The van der Waals surface area contributed by atoms with Crippen LogP contribution in [0.4, 0.5) is 0 Å². The zero-order valence-electron chi connectivity index (χ0n) is 15.1. The van der Waals surface area contributed by atoms with E-state index in [-0.39, 0.29) is 6.10 Å². The van der Waals surface area contributed by atoms with Gasteiger partial charge in [0.15, 0.2) is 0 Å². The van der Waals surface area contributed by atoms with Crippen molar-refractivity contribution in [1.82, 2.24) is 4.90 Å². The van der Waals surface area contributed by atoms with Gasteiger partial charge in [-0.1, -0.05) is 84.5 Å². The van der Waals surface area contributed by atoms with Gasteiger partial charge < -0.3 is 10.0 Å². The number of likely N-dealkylation sites (N-methyl/N-ethyl adjacent to an activating group) is 1. The summed E-state index contributed by atoms with van der Waals surface area (Å²) in [7, 11) is 2.15. The quantitative estimate of drug-likeness (QED) is 0.386. The second-order valence-corrected chi connectivity index (χ2v) is 6.74. The van der Waals surface area contributed by atoms with Gasteiger partial charge in [-0.05, 0) is 26.4 Å². The second-order valence-electron chi connectivity index (χ2n) is 6.74. The fourth-order valence-corrected chi connectivity index (χ4v) is 2.86. The number of hydrogen-bond acceptors (Lipinski definition) is 2. The van der Waals surface area contributed by atoms with E-state index in [1.807, 2.05) is 0 Å². The predicted octanol–water partition coefficient (Wildman–Crippen LogP) is 5.39. The Labute approximate surface area is 134 Å². The summed E-state index contributed by atoms with van der Waals surface area (Å²) < 4.78 is 0. The average molecular weight is 300 g/mol. The van der Waals surface area contributed by atoms with Crippen LogP contribution < -0.4 is 0 Å². The molecule has 0 aliphatic carbocycles. The Morgan fingerprint density at radius 2 is 1.19 bits per heavy atom. The minimum Gasteiger partial charge on any atom is -0.392 e. The largest absolute Gasteiger partial charge is 0.392 e. The summed E-state index contributed by atoms with van der Waals surface area (Å²) in [5, 5.41) is 10.1. The summed E-state index contributed by atoms with van der Waals surface area (Å²) in [5.41, 5.74) is 0. The van der Waals surface area contributed by atoms with Gasteiger partial charge >= 0.3 is 0 Å². The van der Waals surface area contributed by atoms with Crippen LogP contribution in [-0.4, -0.2) is 36.2 Å². The number of hydrogen-bond donors (Lipinski definition) is 1. The summed E-state index contributed by atoms with van der Waals surface area (Å²) in [5.74, 6) is 0. The van der Waals surface area contributed by atoms with Crippen LogP contribution in [0.1, 0.15) is 97.3 Å². The molecule has 2 heteroatoms. The molecule has 21 heavy (non-hydrogen) atoms. The highest BCUT2D eigenvalue weighted by Crippen LogP contribution is 2.10. The first kappa shape index (κ1) is 20.9. The third kappa shape index (κ3) is 16.1. The third-order valence-corrected chi connectivity index (χ3v) is 4.31. The molecule has 1 atom stereocenters. The highest BCUT2D eigenvalue weighted by Gasteiger charge is 2.07. The third-order valence-electron chi connectivity index (χ3n) is 4.31. The molecular weight excluding hydrogens is 258 g/mol. The van der Waals surface area contributed by atoms with E-state index in [4.69, 9.17) is 0 Å². The minimum absolute atomic E-state index is 0.124. The Morgan fingerprint density at radius 1 is 0.714 bits per heavy atom. The molecule has 0 fully saturated rings. The first-order valence-corrected chi connectivity index (χ1v) is 9.57. The van der Waals surface area contributed by atoms with E-state index in [9.17, 15) is 5.11 Å². The van der Waals surface area contributed by atoms with Crippen molar-refractivity contribution in [2.24, 2.45) is 0 Å². The molecule has 0 amide bonds. The molecule has 0 bridgehead atoms. The van der Waals surface area contributed by atoms with Gasteiger partial charge in [0.05, 0.1) is 6.10 Å². The smallest absolute Gasteiger partial charge is 0.0667 e. The number of aliphatic hydroxyl groups is 1. The summed E-state index contributed by atoms with van der Waals surface area (Å²) in [6, 6.07) is 0. The normalized spacial score (nSPS) is 13.0. The zero-order valence-corrected chi connectivity index (χ0v) is 15.1. The number of unbranched alkanes of at least 4 members (excludes halogenated alkanes) is 10. The first-order valence-electron chi connectivity index (χ1n) is 9.57. The van der Waals surface area contributed by atoms with Crippen LogP contribution in [0.2, 0.25) is 0 Å². The topological polar surface area (TPSA) is 23.5 Å². The van der Waals surface area contributed by atoms with Crippen molar-refractivity contribution in [3.8, 4) is 0 Å². The maximum atomic E-state index is 10.1. The Balaban J connectivity index is 3.33. The molecule has 0 saturated heterocycles. The Kier molecular flexibility index (Phi) is 16.2. The molecule has 0 aromatic carbocycles. The van der Waals surface area contributed by atoms with Gasteiger partial charge in [-0.2, -0.15) is 0 Å². The average Bonchev–Trinajstić information content (AvgIpc) is 2.46. The van der Waals surface area contributed by atoms with E-state index in [1.165, 1.54) is 77.0 Å². The van der Waals surface area contributed by atoms with Gasteiger partial charge in [-0.3, -0.25) is 0 Å². The monoisotopic (exact) mass is 299 g/mol. The summed E-state index contributed by atoms with van der Waals surface area (Å²) in [6.07, 6.45) is 16.8. The van der Waals surface area contributed by atoms with Crippen molar-refractivity contribution in [2.75, 3.05) is 20.1 Å². The van der Waals surface area contributed by atoms with E-state index in [1.54, 1.807) is 0 Å². The molecular formula is C19H41NO. The van der Waals surface area contributed by atoms with Crippen LogP contribution in [0.5, 0.6) is 0 Å². The molecule has 0 saturated carbocycles. The fraction of sp³-hybridized carbons (Fsp3) is 1.00. The molecule has 0 aliphatic heterocycles. The number of aliphatic hydroxyl groups excluding tert-OH is 1. The molecule has 0 radical (unpaired) electrons. The van der Waals surface area contributed by atoms with Gasteiger partial charge in [0.1, 0.15) is 0 Å². The second kappa shape index (κ2) is 16.3. The molecule has 128 valence electrons. The highest BCUT2D eigenvalue weighted by atomic mass is 16.3. The van der Waals surface area contributed by atoms with Crippen molar-refractivity contribution in [2.45, 2.75) is 103 Å². The number of nitrogens with zero attached hydrogens (tertiary/aromatic N) is 1. The van der Waals surface area contributed by atoms with Gasteiger partial charge in [0.2, 0.25) is 0 Å². The van der Waals surface area contributed by atoms with Gasteiger partial charge in [0.25, 0.3) is 0 Å². The number of rotatable bonds is 16. The summed E-state index contributed by atoms with van der Waals surface area (Å²) in [6.45, 7) is 6.51. The Bertz CT molecular complexity index is 176. The molecule has 1 unspecified atom stereocenters. The van der Waals surface area contributed by atoms with E-state index in [0.29, 0.717) is 0 Å². The molecule has 0 aromatic rings. The molecule has 0 heterocycles. The lowest BCUT2D eigenvalue weighted by molar-refractivity contribution is 0.114. The van der Waals surface area contributed by atoms with Crippen molar-refractivity contribution < 1.29 is 5.11 Å². The fourth-order valence-electron chi connectivity index (χ4n) is 2.86. The Morgan fingerprint density at radius 3 is 1.76 bits per heavy atom. The Hall–Kier alpha value is -0.0800. The molecule has 1 N–H and O–H groups in total. The van der Waals surface area contributed by atoms with Gasteiger partial charge in [-0.15, -0.1) is 0 Å². The van der Waals surface area contributed by atoms with Crippen LogP contribution in [0, 0.1) is 0 Å². The van der Waals surface area contributed by atoms with Gasteiger partial charge in [0, 0.05) is 6.54 Å². The van der Waals surface area contributed by atoms with Crippen LogP contribution in [-0.2, 0) is 0 Å². The van der Waals surface area contributed by atoms with E-state index < -0.39 is 0 Å². The van der Waals surface area contributed by atoms with E-state index >= 15 is 0 Å². The molecule has 0 aliphatic rings. The highest BCUT2D eigenvalue weighted by molar-refractivity contribution is 4.62. The maximum Gasteiger partial charge on any atom is 0.0667 e.